The largest absolute Gasteiger partial charge is 0.489 e. The van der Waals surface area contributed by atoms with Crippen LogP contribution >= 0.6 is 0 Å². The van der Waals surface area contributed by atoms with Gasteiger partial charge in [-0.1, -0.05) is 6.07 Å². The molecule has 2 aromatic heterocycles. The second-order valence-corrected chi connectivity index (χ2v) is 11.9. The molecule has 0 fully saturated rings. The van der Waals surface area contributed by atoms with E-state index in [2.05, 4.69) is 9.97 Å². The van der Waals surface area contributed by atoms with Crippen LogP contribution in [-0.4, -0.2) is 59.5 Å². The molecular weight excluding hydrogens is 593 g/mol. The summed E-state index contributed by atoms with van der Waals surface area (Å²) in [7, 11) is 1.57. The average molecular weight is 630 g/mol. The van der Waals surface area contributed by atoms with Crippen LogP contribution < -0.4 is 15.2 Å². The number of ketones is 2. The predicted molar refractivity (Wildman–Crippen MR) is 168 cm³/mol. The number of rotatable bonds is 14. The van der Waals surface area contributed by atoms with Crippen LogP contribution in [-0.2, 0) is 25.3 Å². The van der Waals surface area contributed by atoms with Gasteiger partial charge in [0, 0.05) is 54.8 Å². The fraction of sp³-hybridized carbons (Fsp3) is 0.343. The number of aliphatic hydroxyl groups is 1. The third-order valence-corrected chi connectivity index (χ3v) is 8.31. The van der Waals surface area contributed by atoms with Gasteiger partial charge >= 0.3 is 0 Å². The number of methoxy groups -OCH3 is 1. The van der Waals surface area contributed by atoms with Crippen molar-refractivity contribution in [3.05, 3.63) is 83.4 Å². The molecule has 2 aromatic carbocycles. The Hall–Kier alpha value is -4.74. The number of hydrogen-bond donors (Lipinski definition) is 2. The van der Waals surface area contributed by atoms with E-state index in [9.17, 15) is 23.9 Å². The molecule has 4 aromatic rings. The zero-order valence-electron chi connectivity index (χ0n) is 26.0. The lowest BCUT2D eigenvalue weighted by atomic mass is 9.81. The van der Waals surface area contributed by atoms with Crippen LogP contribution in [0.3, 0.4) is 0 Å². The van der Waals surface area contributed by atoms with Gasteiger partial charge in [0.05, 0.1) is 5.69 Å². The Labute approximate surface area is 265 Å². The molecule has 2 atom stereocenters. The molecule has 0 saturated heterocycles. The summed E-state index contributed by atoms with van der Waals surface area (Å²) in [6.45, 7) is 3.47. The molecule has 1 amide bonds. The van der Waals surface area contributed by atoms with Gasteiger partial charge in [0.1, 0.15) is 52.8 Å². The molecule has 11 heteroatoms. The summed E-state index contributed by atoms with van der Waals surface area (Å²) in [5.74, 6) is -0.775. The molecule has 0 saturated carbocycles. The number of aromatic nitrogens is 2. The lowest BCUT2D eigenvalue weighted by Gasteiger charge is -2.26. The van der Waals surface area contributed by atoms with E-state index in [1.807, 2.05) is 0 Å². The summed E-state index contributed by atoms with van der Waals surface area (Å²) in [5.41, 5.74) is 5.32. The number of carbonyl (C=O) groups is 3. The zero-order valence-corrected chi connectivity index (χ0v) is 26.0. The van der Waals surface area contributed by atoms with E-state index >= 15 is 0 Å². The van der Waals surface area contributed by atoms with Gasteiger partial charge in [-0.25, -0.2) is 9.37 Å². The lowest BCUT2D eigenvalue weighted by Crippen LogP contribution is -2.40. The van der Waals surface area contributed by atoms with E-state index in [1.54, 1.807) is 50.6 Å². The van der Waals surface area contributed by atoms with Crippen molar-refractivity contribution in [3.8, 4) is 22.8 Å². The molecule has 0 radical (unpaired) electrons. The minimum atomic E-state index is -1.62. The number of nitrogens with zero attached hydrogens (tertiary/aromatic N) is 2. The van der Waals surface area contributed by atoms with Gasteiger partial charge in [-0.05, 0) is 75.2 Å². The molecule has 10 nitrogen and oxygen atoms in total. The third-order valence-electron chi connectivity index (χ3n) is 8.31. The highest BCUT2D eigenvalue weighted by Crippen LogP contribution is 2.46. The van der Waals surface area contributed by atoms with Crippen molar-refractivity contribution in [2.45, 2.75) is 50.5 Å². The van der Waals surface area contributed by atoms with Crippen LogP contribution in [0.1, 0.15) is 61.1 Å². The molecular formula is C35H36FN3O7. The molecule has 0 spiro atoms. The molecule has 5 rings (SSSR count). The van der Waals surface area contributed by atoms with Crippen molar-refractivity contribution >= 4 is 28.4 Å². The molecule has 0 unspecified atom stereocenters. The number of halogens is 1. The van der Waals surface area contributed by atoms with Crippen molar-refractivity contribution in [3.63, 3.8) is 0 Å². The zero-order chi connectivity index (χ0) is 33.1. The minimum absolute atomic E-state index is 0.0163. The van der Waals surface area contributed by atoms with E-state index in [0.717, 1.165) is 0 Å². The summed E-state index contributed by atoms with van der Waals surface area (Å²) >= 11 is 0. The summed E-state index contributed by atoms with van der Waals surface area (Å²) < 4.78 is 30.4. The second kappa shape index (κ2) is 13.3. The fourth-order valence-electron chi connectivity index (χ4n) is 5.37. The standard InChI is InChI=1S/C35H36FN3O7/c1-34(33(37)42)20-46-32-26(34)18-29(39-31(32)21-8-10-24(36)11-9-21)35(2,43)13-12-27(41)23-16-22-6-4-14-38-30(22)28(17-23)45-19-25(40)7-5-15-44-3/h4,6,8-11,14,16-18,43H,5,7,12-13,15,19-20H2,1-3H3,(H2,37,42)/t34-,35-/m0/s1. The van der Waals surface area contributed by atoms with Gasteiger partial charge in [-0.15, -0.1) is 0 Å². The predicted octanol–water partition coefficient (Wildman–Crippen LogP) is 4.82. The maximum Gasteiger partial charge on any atom is 0.231 e. The Morgan fingerprint density at radius 1 is 1.13 bits per heavy atom. The van der Waals surface area contributed by atoms with Crippen molar-refractivity contribution in [2.24, 2.45) is 5.73 Å². The van der Waals surface area contributed by atoms with Gasteiger partial charge in [0.25, 0.3) is 0 Å². The third kappa shape index (κ3) is 6.75. The van der Waals surface area contributed by atoms with Gasteiger partial charge < -0.3 is 25.1 Å². The molecule has 1 aliphatic heterocycles. The number of hydrogen-bond acceptors (Lipinski definition) is 9. The highest BCUT2D eigenvalue weighted by molar-refractivity contribution is 6.01. The number of fused-ring (bicyclic) bond motifs is 2. The highest BCUT2D eigenvalue weighted by Gasteiger charge is 2.45. The number of carbonyl (C=O) groups excluding carboxylic acids is 3. The summed E-state index contributed by atoms with van der Waals surface area (Å²) in [6.07, 6.45) is 2.40. The number of amides is 1. The van der Waals surface area contributed by atoms with E-state index < -0.39 is 22.7 Å². The fourth-order valence-corrected chi connectivity index (χ4v) is 5.37. The van der Waals surface area contributed by atoms with E-state index in [0.29, 0.717) is 64.2 Å². The van der Waals surface area contributed by atoms with Crippen molar-refractivity contribution < 1.29 is 38.1 Å². The lowest BCUT2D eigenvalue weighted by molar-refractivity contribution is -0.123. The van der Waals surface area contributed by atoms with E-state index in [1.165, 1.54) is 31.2 Å². The molecule has 46 heavy (non-hydrogen) atoms. The van der Waals surface area contributed by atoms with Crippen LogP contribution in [0.4, 0.5) is 4.39 Å². The number of pyridine rings is 2. The van der Waals surface area contributed by atoms with E-state index in [-0.39, 0.29) is 43.3 Å². The summed E-state index contributed by atoms with van der Waals surface area (Å²) in [6, 6.07) is 14.0. The van der Waals surface area contributed by atoms with Gasteiger partial charge in [-0.2, -0.15) is 0 Å². The van der Waals surface area contributed by atoms with Gasteiger partial charge in [-0.3, -0.25) is 19.4 Å². The molecule has 1 aliphatic rings. The number of primary amides is 1. The summed E-state index contributed by atoms with van der Waals surface area (Å²) in [5, 5.41) is 12.3. The van der Waals surface area contributed by atoms with Crippen LogP contribution in [0, 0.1) is 5.82 Å². The van der Waals surface area contributed by atoms with Crippen LogP contribution in [0.5, 0.6) is 11.5 Å². The first-order chi connectivity index (χ1) is 21.9. The normalized spacial score (nSPS) is 16.8. The first kappa shape index (κ1) is 32.6. The number of benzene rings is 2. The maximum absolute atomic E-state index is 13.7. The molecule has 3 N–H and O–H groups in total. The van der Waals surface area contributed by atoms with Crippen molar-refractivity contribution in [1.29, 1.82) is 0 Å². The average Bonchev–Trinajstić information content (AvgIpc) is 3.40. The Balaban J connectivity index is 1.41. The van der Waals surface area contributed by atoms with Gasteiger partial charge in [0.15, 0.2) is 11.6 Å². The smallest absolute Gasteiger partial charge is 0.231 e. The quantitative estimate of drug-likeness (QED) is 0.148. The molecule has 3 heterocycles. The molecule has 240 valence electrons. The Morgan fingerprint density at radius 3 is 2.61 bits per heavy atom. The monoisotopic (exact) mass is 629 g/mol. The number of Topliss-reactive ketones (excluding diaryl/α,β-unsaturated/α-hetero) is 2. The minimum Gasteiger partial charge on any atom is -0.489 e. The van der Waals surface area contributed by atoms with Crippen molar-refractivity contribution in [1.82, 2.24) is 9.97 Å². The first-order valence-corrected chi connectivity index (χ1v) is 15.0. The van der Waals surface area contributed by atoms with Crippen molar-refractivity contribution in [2.75, 3.05) is 26.9 Å². The Kier molecular flexibility index (Phi) is 9.45. The van der Waals surface area contributed by atoms with Gasteiger partial charge in [0.2, 0.25) is 5.91 Å². The topological polar surface area (TPSA) is 151 Å². The SMILES string of the molecule is COCCCC(=O)COc1cc(C(=O)CC[C@](C)(O)c2cc3c(c(-c4ccc(F)cc4)n2)OC[C@]3(C)C(N)=O)cc2cccnc12. The number of ether oxygens (including phenoxy) is 3. The van der Waals surface area contributed by atoms with E-state index in [4.69, 9.17) is 19.9 Å². The first-order valence-electron chi connectivity index (χ1n) is 15.0. The highest BCUT2D eigenvalue weighted by atomic mass is 19.1. The van der Waals surface area contributed by atoms with Crippen LogP contribution in [0.2, 0.25) is 0 Å². The van der Waals surface area contributed by atoms with Crippen LogP contribution in [0.15, 0.2) is 60.8 Å². The maximum atomic E-state index is 13.7. The summed E-state index contributed by atoms with van der Waals surface area (Å²) in [4.78, 5) is 47.4. The number of nitrogens with two attached hydrogens (primary N) is 1. The Morgan fingerprint density at radius 2 is 1.89 bits per heavy atom. The molecule has 0 aliphatic carbocycles. The van der Waals surface area contributed by atoms with Crippen LogP contribution in [0.25, 0.3) is 22.2 Å². The second-order valence-electron chi connectivity index (χ2n) is 11.9. The molecule has 0 bridgehead atoms. The Bertz CT molecular complexity index is 1790.